The Morgan fingerprint density at radius 2 is 1.67 bits per heavy atom. The van der Waals surface area contributed by atoms with Crippen LogP contribution in [-0.2, 0) is 0 Å². The molecule has 0 bridgehead atoms. The SMILES string of the molecule is Cc1cccc(C)c1[C@H](N)CC(F)F.Cl. The van der Waals surface area contributed by atoms with Gasteiger partial charge in [0.25, 0.3) is 0 Å². The van der Waals surface area contributed by atoms with E-state index in [1.54, 1.807) is 0 Å². The summed E-state index contributed by atoms with van der Waals surface area (Å²) in [6.45, 7) is 3.79. The van der Waals surface area contributed by atoms with E-state index in [2.05, 4.69) is 0 Å². The molecule has 0 unspecified atom stereocenters. The van der Waals surface area contributed by atoms with E-state index in [1.165, 1.54) is 0 Å². The molecule has 0 aliphatic heterocycles. The summed E-state index contributed by atoms with van der Waals surface area (Å²) < 4.78 is 24.3. The van der Waals surface area contributed by atoms with Gasteiger partial charge in [0.2, 0.25) is 6.43 Å². The molecule has 1 aromatic carbocycles. The van der Waals surface area contributed by atoms with E-state index in [0.29, 0.717) is 0 Å². The number of hydrogen-bond acceptors (Lipinski definition) is 1. The maximum absolute atomic E-state index is 12.2. The van der Waals surface area contributed by atoms with Crippen LogP contribution in [0.3, 0.4) is 0 Å². The van der Waals surface area contributed by atoms with Crippen molar-refractivity contribution in [1.29, 1.82) is 0 Å². The van der Waals surface area contributed by atoms with Crippen molar-refractivity contribution in [2.45, 2.75) is 32.7 Å². The predicted octanol–water partition coefficient (Wildman–Crippen LogP) is 3.38. The van der Waals surface area contributed by atoms with Gasteiger partial charge in [-0.2, -0.15) is 0 Å². The second kappa shape index (κ2) is 6.03. The summed E-state index contributed by atoms with van der Waals surface area (Å²) in [5.74, 6) is 0. The molecule has 0 amide bonds. The van der Waals surface area contributed by atoms with Gasteiger partial charge >= 0.3 is 0 Å². The quantitative estimate of drug-likeness (QED) is 0.854. The molecular weight excluding hydrogens is 220 g/mol. The number of benzene rings is 1. The molecule has 1 nitrogen and oxygen atoms in total. The summed E-state index contributed by atoms with van der Waals surface area (Å²) in [6.07, 6.45) is -2.62. The molecule has 15 heavy (non-hydrogen) atoms. The van der Waals surface area contributed by atoms with Crippen molar-refractivity contribution in [2.24, 2.45) is 5.73 Å². The van der Waals surface area contributed by atoms with E-state index in [0.717, 1.165) is 16.7 Å². The Hall–Kier alpha value is -0.670. The minimum absolute atomic E-state index is 0. The van der Waals surface area contributed by atoms with E-state index < -0.39 is 12.5 Å². The summed E-state index contributed by atoms with van der Waals surface area (Å²) in [6, 6.07) is 5.14. The van der Waals surface area contributed by atoms with Crippen LogP contribution in [0.15, 0.2) is 18.2 Å². The molecule has 0 fully saturated rings. The van der Waals surface area contributed by atoms with Gasteiger partial charge in [-0.1, -0.05) is 18.2 Å². The average molecular weight is 236 g/mol. The number of hydrogen-bond donors (Lipinski definition) is 1. The number of halogens is 3. The molecule has 0 heterocycles. The van der Waals surface area contributed by atoms with Crippen LogP contribution in [0.5, 0.6) is 0 Å². The first kappa shape index (κ1) is 14.3. The molecule has 0 aromatic heterocycles. The van der Waals surface area contributed by atoms with Crippen LogP contribution in [0.25, 0.3) is 0 Å². The zero-order valence-corrected chi connectivity index (χ0v) is 9.65. The second-order valence-electron chi connectivity index (χ2n) is 3.54. The summed E-state index contributed by atoms with van der Waals surface area (Å²) in [7, 11) is 0. The molecule has 4 heteroatoms. The number of rotatable bonds is 3. The molecule has 0 radical (unpaired) electrons. The topological polar surface area (TPSA) is 26.0 Å². The number of nitrogens with two attached hydrogens (primary N) is 1. The Morgan fingerprint density at radius 3 is 2.07 bits per heavy atom. The fraction of sp³-hybridized carbons (Fsp3) is 0.455. The van der Waals surface area contributed by atoms with Crippen LogP contribution in [0, 0.1) is 13.8 Å². The van der Waals surface area contributed by atoms with Gasteiger partial charge in [0.1, 0.15) is 0 Å². The van der Waals surface area contributed by atoms with Crippen LogP contribution in [0.2, 0.25) is 0 Å². The third-order valence-corrected chi connectivity index (χ3v) is 2.35. The standard InChI is InChI=1S/C11H15F2N.ClH/c1-7-4-3-5-8(2)11(7)9(14)6-10(12)13;/h3-5,9-10H,6,14H2,1-2H3;1H/t9-;/m1./s1. The lowest BCUT2D eigenvalue weighted by atomic mass is 9.95. The fourth-order valence-electron chi connectivity index (χ4n) is 1.72. The monoisotopic (exact) mass is 235 g/mol. The maximum Gasteiger partial charge on any atom is 0.240 e. The van der Waals surface area contributed by atoms with Crippen molar-refractivity contribution in [2.75, 3.05) is 0 Å². The first-order valence-corrected chi connectivity index (χ1v) is 4.62. The Morgan fingerprint density at radius 1 is 1.20 bits per heavy atom. The van der Waals surface area contributed by atoms with Crippen LogP contribution in [0.1, 0.15) is 29.2 Å². The lowest BCUT2D eigenvalue weighted by Gasteiger charge is -2.16. The minimum atomic E-state index is -2.34. The van der Waals surface area contributed by atoms with Gasteiger partial charge in [-0.05, 0) is 30.5 Å². The largest absolute Gasteiger partial charge is 0.324 e. The van der Waals surface area contributed by atoms with Gasteiger partial charge in [-0.3, -0.25) is 0 Å². The van der Waals surface area contributed by atoms with Gasteiger partial charge < -0.3 is 5.73 Å². The Balaban J connectivity index is 0.00000196. The van der Waals surface area contributed by atoms with E-state index in [-0.39, 0.29) is 18.8 Å². The highest BCUT2D eigenvalue weighted by Gasteiger charge is 2.16. The van der Waals surface area contributed by atoms with Crippen LogP contribution in [0.4, 0.5) is 8.78 Å². The summed E-state index contributed by atoms with van der Waals surface area (Å²) >= 11 is 0. The van der Waals surface area contributed by atoms with E-state index in [4.69, 9.17) is 5.73 Å². The third kappa shape index (κ3) is 3.76. The molecule has 1 aromatic rings. The number of alkyl halides is 2. The van der Waals surface area contributed by atoms with Crippen LogP contribution in [-0.4, -0.2) is 6.43 Å². The molecular formula is C11H16ClF2N. The second-order valence-corrected chi connectivity index (χ2v) is 3.54. The van der Waals surface area contributed by atoms with Crippen molar-refractivity contribution >= 4 is 12.4 Å². The zero-order chi connectivity index (χ0) is 10.7. The maximum atomic E-state index is 12.2. The van der Waals surface area contributed by atoms with Crippen molar-refractivity contribution in [3.63, 3.8) is 0 Å². The first-order valence-electron chi connectivity index (χ1n) is 4.62. The summed E-state index contributed by atoms with van der Waals surface area (Å²) in [5, 5.41) is 0. The molecule has 2 N–H and O–H groups in total. The summed E-state index contributed by atoms with van der Waals surface area (Å²) in [5.41, 5.74) is 8.54. The lowest BCUT2D eigenvalue weighted by molar-refractivity contribution is 0.128. The van der Waals surface area contributed by atoms with Gasteiger partial charge in [-0.25, -0.2) is 8.78 Å². The van der Waals surface area contributed by atoms with Crippen LogP contribution >= 0.6 is 12.4 Å². The van der Waals surface area contributed by atoms with Gasteiger partial charge in [0.15, 0.2) is 0 Å². The number of aryl methyl sites for hydroxylation is 2. The molecule has 0 saturated heterocycles. The third-order valence-electron chi connectivity index (χ3n) is 2.35. The zero-order valence-electron chi connectivity index (χ0n) is 8.84. The first-order chi connectivity index (χ1) is 6.52. The van der Waals surface area contributed by atoms with E-state index in [9.17, 15) is 8.78 Å². The van der Waals surface area contributed by atoms with Gasteiger partial charge in [0, 0.05) is 12.5 Å². The molecule has 86 valence electrons. The molecule has 1 rings (SSSR count). The lowest BCUT2D eigenvalue weighted by Crippen LogP contribution is -2.16. The highest BCUT2D eigenvalue weighted by Crippen LogP contribution is 2.24. The average Bonchev–Trinajstić information content (AvgIpc) is 2.01. The van der Waals surface area contributed by atoms with Gasteiger partial charge in [0.05, 0.1) is 0 Å². The Bertz CT molecular complexity index is 295. The van der Waals surface area contributed by atoms with E-state index in [1.807, 2.05) is 32.0 Å². The molecule has 0 saturated carbocycles. The Kier molecular flexibility index (Phi) is 5.76. The molecule has 0 spiro atoms. The van der Waals surface area contributed by atoms with Crippen molar-refractivity contribution < 1.29 is 8.78 Å². The molecule has 0 aliphatic carbocycles. The minimum Gasteiger partial charge on any atom is -0.324 e. The highest BCUT2D eigenvalue weighted by molar-refractivity contribution is 5.85. The highest BCUT2D eigenvalue weighted by atomic mass is 35.5. The molecule has 0 aliphatic rings. The van der Waals surface area contributed by atoms with Crippen molar-refractivity contribution in [3.05, 3.63) is 34.9 Å². The van der Waals surface area contributed by atoms with E-state index >= 15 is 0 Å². The van der Waals surface area contributed by atoms with Gasteiger partial charge in [-0.15, -0.1) is 12.4 Å². The predicted molar refractivity (Wildman–Crippen MR) is 60.7 cm³/mol. The fourth-order valence-corrected chi connectivity index (χ4v) is 1.72. The Labute approximate surface area is 95.1 Å². The normalized spacial score (nSPS) is 12.4. The summed E-state index contributed by atoms with van der Waals surface area (Å²) in [4.78, 5) is 0. The van der Waals surface area contributed by atoms with Crippen LogP contribution < -0.4 is 5.73 Å². The van der Waals surface area contributed by atoms with Crippen molar-refractivity contribution in [3.8, 4) is 0 Å². The molecule has 1 atom stereocenters. The van der Waals surface area contributed by atoms with Crippen molar-refractivity contribution in [1.82, 2.24) is 0 Å². The smallest absolute Gasteiger partial charge is 0.240 e.